The molecule has 0 aliphatic carbocycles. The number of rotatable bonds is 1. The van der Waals surface area contributed by atoms with E-state index in [2.05, 4.69) is 30.3 Å². The molecule has 0 saturated carbocycles. The molecule has 3 nitrogen and oxygen atoms in total. The minimum Gasteiger partial charge on any atom is -0.391 e. The van der Waals surface area contributed by atoms with E-state index in [1.165, 1.54) is 25.3 Å². The Labute approximate surface area is 102 Å². The Bertz CT molecular complexity index is 419. The third kappa shape index (κ3) is 1.27. The van der Waals surface area contributed by atoms with Crippen LogP contribution in [0.4, 0.5) is 0 Å². The lowest BCUT2D eigenvalue weighted by Crippen LogP contribution is -3.41. The van der Waals surface area contributed by atoms with Gasteiger partial charge < -0.3 is 5.11 Å². The molecule has 3 heteroatoms. The van der Waals surface area contributed by atoms with Gasteiger partial charge in [0.25, 0.3) is 0 Å². The molecule has 4 bridgehead atoms. The molecule has 4 aliphatic heterocycles. The molecule has 0 amide bonds. The largest absolute Gasteiger partial charge is 0.391 e. The van der Waals surface area contributed by atoms with Crippen molar-refractivity contribution in [2.24, 2.45) is 5.92 Å². The van der Waals surface area contributed by atoms with Crippen LogP contribution < -0.4 is 9.80 Å². The molecule has 0 aromatic heterocycles. The highest BCUT2D eigenvalue weighted by atomic mass is 16.3. The average Bonchev–Trinajstić information content (AvgIpc) is 2.36. The Balaban J connectivity index is 1.81. The molecule has 4 fully saturated rings. The van der Waals surface area contributed by atoms with Crippen molar-refractivity contribution in [2.45, 2.75) is 11.5 Å². The summed E-state index contributed by atoms with van der Waals surface area (Å²) < 4.78 is 0. The number of hydrogen-bond donors (Lipinski definition) is 3. The van der Waals surface area contributed by atoms with Gasteiger partial charge in [0, 0.05) is 0 Å². The molecule has 4 aliphatic rings. The van der Waals surface area contributed by atoms with Gasteiger partial charge in [-0.15, -0.1) is 0 Å². The topological polar surface area (TPSA) is 29.1 Å². The van der Waals surface area contributed by atoms with Crippen molar-refractivity contribution in [3.05, 3.63) is 35.9 Å². The van der Waals surface area contributed by atoms with Crippen LogP contribution in [-0.4, -0.2) is 44.1 Å². The number of aliphatic hydroxyl groups excluding tert-OH is 1. The quantitative estimate of drug-likeness (QED) is 0.498. The molecule has 3 N–H and O–H groups in total. The van der Waals surface area contributed by atoms with Crippen molar-refractivity contribution in [3.8, 4) is 0 Å². The van der Waals surface area contributed by atoms with E-state index in [1.54, 1.807) is 9.80 Å². The van der Waals surface area contributed by atoms with Crippen molar-refractivity contribution in [2.75, 3.05) is 32.8 Å². The molecule has 17 heavy (non-hydrogen) atoms. The summed E-state index contributed by atoms with van der Waals surface area (Å²) in [5, 5.41) is 10.7. The fraction of sp³-hybridized carbons (Fsp3) is 0.571. The lowest BCUT2D eigenvalue weighted by molar-refractivity contribution is -1.14. The monoisotopic (exact) mass is 232 g/mol. The SMILES string of the molecule is OC1C2C[NH+]3C[NH+](C2)CC1(c1ccccc1)C3. The van der Waals surface area contributed by atoms with Crippen LogP contribution in [0.25, 0.3) is 0 Å². The summed E-state index contributed by atoms with van der Waals surface area (Å²) in [6, 6.07) is 10.7. The lowest BCUT2D eigenvalue weighted by atomic mass is 9.64. The zero-order valence-corrected chi connectivity index (χ0v) is 10.0. The molecule has 3 unspecified atom stereocenters. The van der Waals surface area contributed by atoms with Gasteiger partial charge in [0.2, 0.25) is 6.67 Å². The Kier molecular flexibility index (Phi) is 1.96. The average molecular weight is 232 g/mol. The standard InChI is InChI=1S/C14H18N2O/c17-13-11-6-15-8-14(13,9-16(7-11)10-15)12-4-2-1-3-5-12/h1-5,11,13,17H,6-10H2/p+2. The first-order valence-electron chi connectivity index (χ1n) is 6.69. The Morgan fingerprint density at radius 2 is 1.71 bits per heavy atom. The van der Waals surface area contributed by atoms with Gasteiger partial charge in [0.15, 0.2) is 0 Å². The number of piperidine rings is 2. The van der Waals surface area contributed by atoms with Crippen LogP contribution in [0.5, 0.6) is 0 Å². The van der Waals surface area contributed by atoms with E-state index in [-0.39, 0.29) is 11.5 Å². The predicted octanol–water partition coefficient (Wildman–Crippen LogP) is -2.33. The Morgan fingerprint density at radius 3 is 2.35 bits per heavy atom. The van der Waals surface area contributed by atoms with Gasteiger partial charge in [0.1, 0.15) is 5.41 Å². The second kappa shape index (κ2) is 3.31. The lowest BCUT2D eigenvalue weighted by Gasteiger charge is -2.56. The third-order valence-corrected chi connectivity index (χ3v) is 5.09. The predicted molar refractivity (Wildman–Crippen MR) is 63.9 cm³/mol. The third-order valence-electron chi connectivity index (χ3n) is 5.09. The molecule has 3 atom stereocenters. The van der Waals surface area contributed by atoms with Crippen LogP contribution in [0.2, 0.25) is 0 Å². The van der Waals surface area contributed by atoms with E-state index < -0.39 is 0 Å². The maximum absolute atomic E-state index is 10.7. The summed E-state index contributed by atoms with van der Waals surface area (Å²) >= 11 is 0. The second-order valence-corrected chi connectivity index (χ2v) is 6.17. The molecule has 4 saturated heterocycles. The fourth-order valence-electron chi connectivity index (χ4n) is 4.56. The van der Waals surface area contributed by atoms with Gasteiger partial charge in [-0.05, 0) is 5.56 Å². The smallest absolute Gasteiger partial charge is 0.204 e. The van der Waals surface area contributed by atoms with Crippen molar-refractivity contribution in [3.63, 3.8) is 0 Å². The van der Waals surface area contributed by atoms with Crippen molar-refractivity contribution < 1.29 is 14.9 Å². The van der Waals surface area contributed by atoms with Crippen molar-refractivity contribution in [1.29, 1.82) is 0 Å². The summed E-state index contributed by atoms with van der Waals surface area (Å²) in [5.41, 5.74) is 1.39. The maximum atomic E-state index is 10.7. The van der Waals surface area contributed by atoms with Gasteiger partial charge in [0.05, 0.1) is 38.2 Å². The maximum Gasteiger partial charge on any atom is 0.204 e. The second-order valence-electron chi connectivity index (χ2n) is 6.17. The fourth-order valence-corrected chi connectivity index (χ4v) is 4.56. The van der Waals surface area contributed by atoms with E-state index in [4.69, 9.17) is 0 Å². The molecule has 0 spiro atoms. The van der Waals surface area contributed by atoms with Crippen molar-refractivity contribution >= 4 is 0 Å². The van der Waals surface area contributed by atoms with Gasteiger partial charge in [-0.25, -0.2) is 0 Å². The van der Waals surface area contributed by atoms with Crippen LogP contribution in [0.3, 0.4) is 0 Å². The van der Waals surface area contributed by atoms with Crippen molar-refractivity contribution in [1.82, 2.24) is 0 Å². The number of quaternary nitrogens is 2. The van der Waals surface area contributed by atoms with Crippen LogP contribution in [0, 0.1) is 5.92 Å². The Hall–Kier alpha value is -0.900. The van der Waals surface area contributed by atoms with E-state index in [0.29, 0.717) is 5.92 Å². The van der Waals surface area contributed by atoms with Crippen LogP contribution in [-0.2, 0) is 5.41 Å². The number of hydrogen-bond acceptors (Lipinski definition) is 1. The Morgan fingerprint density at radius 1 is 1.06 bits per heavy atom. The summed E-state index contributed by atoms with van der Waals surface area (Å²) in [6.45, 7) is 5.87. The highest BCUT2D eigenvalue weighted by molar-refractivity contribution is 5.29. The van der Waals surface area contributed by atoms with Gasteiger partial charge >= 0.3 is 0 Å². The number of nitrogens with one attached hydrogen (secondary N) is 2. The highest BCUT2D eigenvalue weighted by Crippen LogP contribution is 2.34. The first-order chi connectivity index (χ1) is 8.28. The van der Waals surface area contributed by atoms with Gasteiger partial charge in [-0.3, -0.25) is 9.80 Å². The summed E-state index contributed by atoms with van der Waals surface area (Å²) in [7, 11) is 0. The molecule has 4 heterocycles. The molecule has 5 rings (SSSR count). The molecule has 90 valence electrons. The summed E-state index contributed by atoms with van der Waals surface area (Å²) in [6.07, 6.45) is -0.127. The normalized spacial score (nSPS) is 47.4. The van der Waals surface area contributed by atoms with E-state index >= 15 is 0 Å². The molecule has 1 aromatic carbocycles. The minimum atomic E-state index is -0.127. The van der Waals surface area contributed by atoms with Gasteiger partial charge in [-0.2, -0.15) is 0 Å². The zero-order chi connectivity index (χ0) is 11.5. The molecule has 0 radical (unpaired) electrons. The van der Waals surface area contributed by atoms with E-state index in [0.717, 1.165) is 13.1 Å². The van der Waals surface area contributed by atoms with E-state index in [1.807, 2.05) is 0 Å². The summed E-state index contributed by atoms with van der Waals surface area (Å²) in [4.78, 5) is 3.38. The van der Waals surface area contributed by atoms with Gasteiger partial charge in [-0.1, -0.05) is 30.3 Å². The first kappa shape index (κ1) is 10.1. The molecular weight excluding hydrogens is 212 g/mol. The summed E-state index contributed by atoms with van der Waals surface area (Å²) in [5.74, 6) is 0.511. The number of aliphatic hydroxyl groups is 1. The molecular formula is C14H20N2O+2. The van der Waals surface area contributed by atoms with Crippen LogP contribution >= 0.6 is 0 Å². The minimum absolute atomic E-state index is 0.0331. The van der Waals surface area contributed by atoms with Crippen LogP contribution in [0.15, 0.2) is 30.3 Å². The number of benzene rings is 1. The van der Waals surface area contributed by atoms with E-state index in [9.17, 15) is 5.11 Å². The highest BCUT2D eigenvalue weighted by Gasteiger charge is 2.61. The first-order valence-corrected chi connectivity index (χ1v) is 6.69. The zero-order valence-electron chi connectivity index (χ0n) is 10.0. The molecule has 1 aromatic rings. The van der Waals surface area contributed by atoms with Crippen LogP contribution in [0.1, 0.15) is 5.56 Å².